The fourth-order valence-corrected chi connectivity index (χ4v) is 3.02. The number of halogens is 2. The molecule has 0 aliphatic carbocycles. The van der Waals surface area contributed by atoms with Gasteiger partial charge in [-0.25, -0.2) is 4.21 Å². The fraction of sp³-hybridized carbons (Fsp3) is 0.133. The first-order valence-corrected chi connectivity index (χ1v) is 8.61. The van der Waals surface area contributed by atoms with E-state index in [1.165, 1.54) is 6.08 Å². The molecule has 0 saturated heterocycles. The Kier molecular flexibility index (Phi) is 8.00. The van der Waals surface area contributed by atoms with Gasteiger partial charge in [-0.3, -0.25) is 5.43 Å². The molecule has 0 aliphatic rings. The van der Waals surface area contributed by atoms with E-state index in [0.717, 1.165) is 5.56 Å². The molecule has 3 nitrogen and oxygen atoms in total. The Bertz CT molecular complexity index is 648. The van der Waals surface area contributed by atoms with Crippen molar-refractivity contribution in [3.8, 4) is 0 Å². The van der Waals surface area contributed by atoms with Crippen LogP contribution in [0.1, 0.15) is 12.5 Å². The summed E-state index contributed by atoms with van der Waals surface area (Å²) in [4.78, 5) is 3.62. The van der Waals surface area contributed by atoms with Crippen LogP contribution in [0.15, 0.2) is 63.7 Å². The second-order valence-corrected chi connectivity index (χ2v) is 6.64. The molecule has 0 amide bonds. The van der Waals surface area contributed by atoms with Crippen LogP contribution in [0.2, 0.25) is 0 Å². The van der Waals surface area contributed by atoms with Gasteiger partial charge in [0.1, 0.15) is 16.1 Å². The number of allylic oxidation sites excluding steroid dienone is 4. The van der Waals surface area contributed by atoms with Gasteiger partial charge < -0.3 is 0 Å². The summed E-state index contributed by atoms with van der Waals surface area (Å²) in [6.45, 7) is 7.32. The summed E-state index contributed by atoms with van der Waals surface area (Å²) in [5, 5.41) is 0.527. The summed E-state index contributed by atoms with van der Waals surface area (Å²) in [7, 11) is -1.47. The van der Waals surface area contributed by atoms with Crippen molar-refractivity contribution in [1.82, 2.24) is 10.3 Å². The maximum Gasteiger partial charge on any atom is 0.143 e. The van der Waals surface area contributed by atoms with Crippen LogP contribution in [-0.2, 0) is 11.0 Å². The number of thiocarbonyl (C=S) groups is 1. The van der Waals surface area contributed by atoms with Gasteiger partial charge in [-0.2, -0.15) is 0 Å². The van der Waals surface area contributed by atoms with E-state index in [2.05, 4.69) is 16.8 Å². The summed E-state index contributed by atoms with van der Waals surface area (Å²) in [5.74, 6) is 0. The van der Waals surface area contributed by atoms with Gasteiger partial charge in [-0.1, -0.05) is 71.8 Å². The predicted molar refractivity (Wildman–Crippen MR) is 99.1 cm³/mol. The molecule has 7 heteroatoms. The molecule has 22 heavy (non-hydrogen) atoms. The van der Waals surface area contributed by atoms with Crippen molar-refractivity contribution in [2.24, 2.45) is 0 Å². The number of hydrogen-bond acceptors (Lipinski definition) is 3. The molecule has 2 N–H and O–H groups in total. The number of nitrogens with one attached hydrogen (secondary N) is 2. The molecule has 1 atom stereocenters. The molecule has 0 spiro atoms. The first-order chi connectivity index (χ1) is 10.4. The van der Waals surface area contributed by atoms with Gasteiger partial charge in [0, 0.05) is 15.5 Å². The van der Waals surface area contributed by atoms with Crippen LogP contribution < -0.4 is 10.3 Å². The Hall–Kier alpha value is -0.980. The lowest BCUT2D eigenvalue weighted by Crippen LogP contribution is -2.32. The van der Waals surface area contributed by atoms with Crippen molar-refractivity contribution in [3.63, 3.8) is 0 Å². The molecule has 1 aromatic carbocycles. The molecule has 0 aliphatic heterocycles. The zero-order chi connectivity index (χ0) is 16.7. The molecule has 0 fully saturated rings. The molecule has 0 bridgehead atoms. The summed E-state index contributed by atoms with van der Waals surface area (Å²) >= 11 is 17.4. The van der Waals surface area contributed by atoms with E-state index in [1.807, 2.05) is 19.1 Å². The van der Waals surface area contributed by atoms with Crippen molar-refractivity contribution in [2.75, 3.05) is 0 Å². The lowest BCUT2D eigenvalue weighted by atomic mass is 10.2. The second-order valence-electron chi connectivity index (χ2n) is 4.20. The van der Waals surface area contributed by atoms with Crippen LogP contribution in [0, 0.1) is 6.92 Å². The average molecular weight is 375 g/mol. The minimum absolute atomic E-state index is 0.147. The maximum absolute atomic E-state index is 12.1. The van der Waals surface area contributed by atoms with E-state index in [9.17, 15) is 4.21 Å². The van der Waals surface area contributed by atoms with Crippen molar-refractivity contribution >= 4 is 51.3 Å². The van der Waals surface area contributed by atoms with E-state index < -0.39 is 11.0 Å². The normalized spacial score (nSPS) is 14.1. The highest BCUT2D eigenvalue weighted by Gasteiger charge is 2.13. The van der Waals surface area contributed by atoms with Crippen LogP contribution in [0.5, 0.6) is 0 Å². The van der Waals surface area contributed by atoms with E-state index in [1.54, 1.807) is 25.1 Å². The number of hydrazine groups is 1. The molecule has 1 rings (SSSR count). The molecular weight excluding hydrogens is 359 g/mol. The van der Waals surface area contributed by atoms with Crippen LogP contribution in [-0.4, -0.2) is 9.07 Å². The number of benzene rings is 1. The van der Waals surface area contributed by atoms with Gasteiger partial charge in [0.2, 0.25) is 0 Å². The number of hydrogen-bond donors (Lipinski definition) is 2. The van der Waals surface area contributed by atoms with Crippen molar-refractivity contribution in [3.05, 3.63) is 64.3 Å². The molecule has 0 saturated carbocycles. The maximum atomic E-state index is 12.1. The zero-order valence-electron chi connectivity index (χ0n) is 12.2. The Morgan fingerprint density at radius 3 is 2.41 bits per heavy atom. The molecule has 1 aromatic rings. The molecule has 0 radical (unpaired) electrons. The van der Waals surface area contributed by atoms with Crippen molar-refractivity contribution < 1.29 is 4.21 Å². The Morgan fingerprint density at radius 1 is 1.32 bits per heavy atom. The SMILES string of the molecule is C=CC(=S)C(=C(/Cl)NNS(=O)c1ccc(C)cc1)/C(Cl)=C\C. The summed E-state index contributed by atoms with van der Waals surface area (Å²) < 4.78 is 12.1. The van der Waals surface area contributed by atoms with Gasteiger partial charge in [0.05, 0.1) is 4.90 Å². The fourth-order valence-electron chi connectivity index (χ4n) is 1.45. The zero-order valence-corrected chi connectivity index (χ0v) is 15.3. The molecule has 118 valence electrons. The Morgan fingerprint density at radius 2 is 1.91 bits per heavy atom. The smallest absolute Gasteiger partial charge is 0.143 e. The average Bonchev–Trinajstić information content (AvgIpc) is 2.52. The van der Waals surface area contributed by atoms with E-state index in [0.29, 0.717) is 20.4 Å². The number of rotatable bonds is 7. The summed E-state index contributed by atoms with van der Waals surface area (Å²) in [5.41, 5.74) is 4.17. The lowest BCUT2D eigenvalue weighted by Gasteiger charge is -2.12. The third-order valence-corrected chi connectivity index (χ3v) is 4.68. The standard InChI is InChI=1S/C15H16Cl2N2OS2/c1-4-12(16)14(13(21)5-2)15(17)18-19-22(20)11-8-6-10(3)7-9-11/h4-9,18-19H,2H2,1,3H3/b12-4+,15-14-. The molecular formula is C15H16Cl2N2OS2. The summed E-state index contributed by atoms with van der Waals surface area (Å²) in [6.07, 6.45) is 3.13. The van der Waals surface area contributed by atoms with Gasteiger partial charge >= 0.3 is 0 Å². The Balaban J connectivity index is 2.89. The van der Waals surface area contributed by atoms with Crippen LogP contribution >= 0.6 is 35.4 Å². The van der Waals surface area contributed by atoms with Gasteiger partial charge in [0.25, 0.3) is 0 Å². The third-order valence-electron chi connectivity index (χ3n) is 2.63. The largest absolute Gasteiger partial charge is 0.299 e. The summed E-state index contributed by atoms with van der Waals surface area (Å²) in [6, 6.07) is 7.29. The molecule has 0 aromatic heterocycles. The quantitative estimate of drug-likeness (QED) is 0.246. The number of aryl methyl sites for hydroxylation is 1. The van der Waals surface area contributed by atoms with Crippen LogP contribution in [0.3, 0.4) is 0 Å². The lowest BCUT2D eigenvalue weighted by molar-refractivity contribution is 0.663. The molecule has 1 unspecified atom stereocenters. The predicted octanol–water partition coefficient (Wildman–Crippen LogP) is 4.26. The minimum Gasteiger partial charge on any atom is -0.299 e. The van der Waals surface area contributed by atoms with E-state index >= 15 is 0 Å². The molecule has 0 heterocycles. The van der Waals surface area contributed by atoms with Gasteiger partial charge in [-0.15, -0.1) is 4.83 Å². The Labute approximate surface area is 148 Å². The topological polar surface area (TPSA) is 41.1 Å². The van der Waals surface area contributed by atoms with Crippen LogP contribution in [0.25, 0.3) is 0 Å². The third kappa shape index (κ3) is 5.34. The van der Waals surface area contributed by atoms with E-state index in [4.69, 9.17) is 35.4 Å². The van der Waals surface area contributed by atoms with Crippen molar-refractivity contribution in [1.29, 1.82) is 0 Å². The van der Waals surface area contributed by atoms with Crippen molar-refractivity contribution in [2.45, 2.75) is 18.7 Å². The highest BCUT2D eigenvalue weighted by atomic mass is 35.5. The monoisotopic (exact) mass is 374 g/mol. The van der Waals surface area contributed by atoms with Crippen LogP contribution in [0.4, 0.5) is 0 Å². The second kappa shape index (κ2) is 9.22. The van der Waals surface area contributed by atoms with Gasteiger partial charge in [0.15, 0.2) is 0 Å². The van der Waals surface area contributed by atoms with E-state index in [-0.39, 0.29) is 5.16 Å². The minimum atomic E-state index is -1.47. The first-order valence-electron chi connectivity index (χ1n) is 6.29. The first kappa shape index (κ1) is 19.1. The highest BCUT2D eigenvalue weighted by Crippen LogP contribution is 2.22. The highest BCUT2D eigenvalue weighted by molar-refractivity contribution is 7.83. The van der Waals surface area contributed by atoms with Gasteiger partial charge in [-0.05, 0) is 26.0 Å².